The summed E-state index contributed by atoms with van der Waals surface area (Å²) < 4.78 is 0.998. The van der Waals surface area contributed by atoms with Crippen LogP contribution in [-0.4, -0.2) is 11.4 Å². The molecule has 2 aromatic rings. The molecule has 1 aromatic carbocycles. The Balaban J connectivity index is 2.86. The zero-order chi connectivity index (χ0) is 8.55. The van der Waals surface area contributed by atoms with Crippen molar-refractivity contribution in [3.63, 3.8) is 0 Å². The van der Waals surface area contributed by atoms with Crippen LogP contribution in [0.3, 0.4) is 0 Å². The smallest absolute Gasteiger partial charge is 0.153 e. The first kappa shape index (κ1) is 7.31. The minimum Gasteiger partial charge on any atom is -0.507 e. The maximum atomic E-state index is 10.4. The van der Waals surface area contributed by atoms with Crippen LogP contribution < -0.4 is 0 Å². The Labute approximate surface area is 73.1 Å². The van der Waals surface area contributed by atoms with Crippen molar-refractivity contribution in [1.82, 2.24) is 0 Å². The van der Waals surface area contributed by atoms with Gasteiger partial charge in [-0.05, 0) is 23.6 Å². The van der Waals surface area contributed by atoms with Gasteiger partial charge in [0.2, 0.25) is 0 Å². The fraction of sp³-hybridized carbons (Fsp3) is 0. The fourth-order valence-electron chi connectivity index (χ4n) is 1.14. The van der Waals surface area contributed by atoms with E-state index in [9.17, 15) is 9.90 Å². The Kier molecular flexibility index (Phi) is 1.59. The molecular formula is C9H6O2S. The predicted molar refractivity (Wildman–Crippen MR) is 48.9 cm³/mol. The minimum atomic E-state index is 0.0868. The molecule has 0 bridgehead atoms. The summed E-state index contributed by atoms with van der Waals surface area (Å²) >= 11 is 1.54. The van der Waals surface area contributed by atoms with Gasteiger partial charge >= 0.3 is 0 Å². The minimum absolute atomic E-state index is 0.0868. The molecule has 60 valence electrons. The molecule has 0 radical (unpaired) electrons. The van der Waals surface area contributed by atoms with Gasteiger partial charge in [-0.1, -0.05) is 0 Å². The second-order valence-corrected chi connectivity index (χ2v) is 3.40. The number of phenols is 1. The van der Waals surface area contributed by atoms with Gasteiger partial charge in [-0.3, -0.25) is 4.79 Å². The third-order valence-corrected chi connectivity index (χ3v) is 2.65. The number of aldehydes is 1. The van der Waals surface area contributed by atoms with Crippen LogP contribution in [0.2, 0.25) is 0 Å². The van der Waals surface area contributed by atoms with E-state index in [1.807, 2.05) is 17.5 Å². The van der Waals surface area contributed by atoms with Gasteiger partial charge in [0.25, 0.3) is 0 Å². The van der Waals surface area contributed by atoms with E-state index >= 15 is 0 Å². The molecule has 0 saturated carbocycles. The molecule has 12 heavy (non-hydrogen) atoms. The predicted octanol–water partition coefficient (Wildman–Crippen LogP) is 2.42. The van der Waals surface area contributed by atoms with Gasteiger partial charge in [-0.15, -0.1) is 11.3 Å². The van der Waals surface area contributed by atoms with Crippen molar-refractivity contribution in [2.24, 2.45) is 0 Å². The molecule has 1 aromatic heterocycles. The standard InChI is InChI=1S/C9H6O2S/c10-5-6-1-2-8-7(9(6)11)3-4-12-8/h1-5,11H. The van der Waals surface area contributed by atoms with Gasteiger partial charge < -0.3 is 5.11 Å². The molecule has 0 saturated heterocycles. The van der Waals surface area contributed by atoms with Crippen molar-refractivity contribution in [1.29, 1.82) is 0 Å². The van der Waals surface area contributed by atoms with Crippen molar-refractivity contribution in [2.75, 3.05) is 0 Å². The quantitative estimate of drug-likeness (QED) is 0.681. The maximum absolute atomic E-state index is 10.4. The van der Waals surface area contributed by atoms with Gasteiger partial charge in [0.05, 0.1) is 5.56 Å². The third-order valence-electron chi connectivity index (χ3n) is 1.76. The zero-order valence-electron chi connectivity index (χ0n) is 6.15. The number of phenolic OH excluding ortho intramolecular Hbond substituents is 1. The van der Waals surface area contributed by atoms with Crippen molar-refractivity contribution >= 4 is 27.7 Å². The highest BCUT2D eigenvalue weighted by molar-refractivity contribution is 7.17. The second-order valence-electron chi connectivity index (χ2n) is 2.45. The van der Waals surface area contributed by atoms with Crippen LogP contribution in [0.15, 0.2) is 23.6 Å². The van der Waals surface area contributed by atoms with E-state index in [1.165, 1.54) is 0 Å². The van der Waals surface area contributed by atoms with Crippen LogP contribution in [0, 0.1) is 0 Å². The summed E-state index contributed by atoms with van der Waals surface area (Å²) in [6.07, 6.45) is 0.659. The number of thiophene rings is 1. The lowest BCUT2D eigenvalue weighted by Crippen LogP contribution is -1.79. The second kappa shape index (κ2) is 2.60. The number of hydrogen-bond acceptors (Lipinski definition) is 3. The lowest BCUT2D eigenvalue weighted by atomic mass is 10.1. The van der Waals surface area contributed by atoms with Crippen molar-refractivity contribution < 1.29 is 9.90 Å². The van der Waals surface area contributed by atoms with Gasteiger partial charge in [-0.2, -0.15) is 0 Å². The summed E-state index contributed by atoms with van der Waals surface area (Å²) in [5, 5.41) is 12.2. The van der Waals surface area contributed by atoms with Gasteiger partial charge in [0.1, 0.15) is 5.75 Å². The zero-order valence-corrected chi connectivity index (χ0v) is 6.97. The van der Waals surface area contributed by atoms with Crippen molar-refractivity contribution in [3.8, 4) is 5.75 Å². The Morgan fingerprint density at radius 1 is 1.33 bits per heavy atom. The summed E-state index contributed by atoms with van der Waals surface area (Å²) in [6, 6.07) is 5.27. The molecule has 0 unspecified atom stereocenters. The number of carbonyl (C=O) groups is 1. The number of benzene rings is 1. The van der Waals surface area contributed by atoms with Crippen LogP contribution in [0.25, 0.3) is 10.1 Å². The van der Waals surface area contributed by atoms with E-state index in [0.29, 0.717) is 11.8 Å². The van der Waals surface area contributed by atoms with Crippen LogP contribution in [0.1, 0.15) is 10.4 Å². The Bertz CT molecular complexity index is 431. The van der Waals surface area contributed by atoms with Crippen LogP contribution in [0.4, 0.5) is 0 Å². The molecule has 2 nitrogen and oxygen atoms in total. The maximum Gasteiger partial charge on any atom is 0.153 e. The molecule has 0 fully saturated rings. The summed E-state index contributed by atoms with van der Waals surface area (Å²) in [6.45, 7) is 0. The lowest BCUT2D eigenvalue weighted by molar-refractivity contribution is 0.112. The Morgan fingerprint density at radius 2 is 2.17 bits per heavy atom. The largest absolute Gasteiger partial charge is 0.507 e. The van der Waals surface area contributed by atoms with Gasteiger partial charge in [0.15, 0.2) is 6.29 Å². The van der Waals surface area contributed by atoms with Gasteiger partial charge in [0, 0.05) is 10.1 Å². The molecular weight excluding hydrogens is 172 g/mol. The van der Waals surface area contributed by atoms with Crippen LogP contribution >= 0.6 is 11.3 Å². The van der Waals surface area contributed by atoms with Crippen LogP contribution in [-0.2, 0) is 0 Å². The van der Waals surface area contributed by atoms with E-state index < -0.39 is 0 Å². The first-order valence-corrected chi connectivity index (χ1v) is 4.35. The number of fused-ring (bicyclic) bond motifs is 1. The van der Waals surface area contributed by atoms with E-state index in [1.54, 1.807) is 17.4 Å². The highest BCUT2D eigenvalue weighted by Gasteiger charge is 2.05. The molecule has 0 aliphatic rings. The highest BCUT2D eigenvalue weighted by atomic mass is 32.1. The molecule has 2 rings (SSSR count). The molecule has 3 heteroatoms. The van der Waals surface area contributed by atoms with E-state index in [2.05, 4.69) is 0 Å². The lowest BCUT2D eigenvalue weighted by Gasteiger charge is -1.96. The van der Waals surface area contributed by atoms with Crippen molar-refractivity contribution in [3.05, 3.63) is 29.1 Å². The molecule has 0 amide bonds. The SMILES string of the molecule is O=Cc1ccc2sccc2c1O. The van der Waals surface area contributed by atoms with E-state index in [4.69, 9.17) is 0 Å². The van der Waals surface area contributed by atoms with Gasteiger partial charge in [-0.25, -0.2) is 0 Å². The molecule has 0 spiro atoms. The number of aromatic hydroxyl groups is 1. The number of carbonyl (C=O) groups excluding carboxylic acids is 1. The number of hydrogen-bond donors (Lipinski definition) is 1. The first-order chi connectivity index (χ1) is 5.83. The van der Waals surface area contributed by atoms with Crippen molar-refractivity contribution in [2.45, 2.75) is 0 Å². The molecule has 0 aliphatic heterocycles. The average molecular weight is 178 g/mol. The fourth-order valence-corrected chi connectivity index (χ4v) is 1.93. The third kappa shape index (κ3) is 0.905. The topological polar surface area (TPSA) is 37.3 Å². The molecule has 1 N–H and O–H groups in total. The summed E-state index contributed by atoms with van der Waals surface area (Å²) in [7, 11) is 0. The van der Waals surface area contributed by atoms with E-state index in [0.717, 1.165) is 10.1 Å². The van der Waals surface area contributed by atoms with E-state index in [-0.39, 0.29) is 5.75 Å². The highest BCUT2D eigenvalue weighted by Crippen LogP contribution is 2.30. The molecule has 1 heterocycles. The average Bonchev–Trinajstić information content (AvgIpc) is 2.53. The summed E-state index contributed by atoms with van der Waals surface area (Å²) in [5.74, 6) is 0.0868. The first-order valence-electron chi connectivity index (χ1n) is 3.47. The summed E-state index contributed by atoms with van der Waals surface area (Å²) in [5.41, 5.74) is 0.348. The summed E-state index contributed by atoms with van der Waals surface area (Å²) in [4.78, 5) is 10.4. The Morgan fingerprint density at radius 3 is 2.92 bits per heavy atom. The molecule has 0 aliphatic carbocycles. The normalized spacial score (nSPS) is 10.3. The monoisotopic (exact) mass is 178 g/mol. The Hall–Kier alpha value is -1.35. The number of rotatable bonds is 1. The molecule has 0 atom stereocenters. The van der Waals surface area contributed by atoms with Crippen LogP contribution in [0.5, 0.6) is 5.75 Å².